The minimum Gasteiger partial charge on any atom is -0.389 e. The first-order chi connectivity index (χ1) is 9.08. The molecule has 3 nitrogen and oxygen atoms in total. The second-order valence-electron chi connectivity index (χ2n) is 4.40. The van der Waals surface area contributed by atoms with Gasteiger partial charge < -0.3 is 11.1 Å². The van der Waals surface area contributed by atoms with Crippen molar-refractivity contribution in [1.29, 1.82) is 0 Å². The summed E-state index contributed by atoms with van der Waals surface area (Å²) in [5.41, 5.74) is 6.85. The summed E-state index contributed by atoms with van der Waals surface area (Å²) >= 11 is 12.7. The fourth-order valence-corrected chi connectivity index (χ4v) is 3.43. The van der Waals surface area contributed by atoms with E-state index in [1.54, 1.807) is 30.0 Å². The van der Waals surface area contributed by atoms with Crippen LogP contribution in [-0.2, 0) is 4.79 Å². The number of hydrogen-bond donors (Lipinski definition) is 2. The molecule has 0 aliphatic carbocycles. The minimum atomic E-state index is 0.00619. The summed E-state index contributed by atoms with van der Waals surface area (Å²) in [6, 6.07) is 5.16. The number of benzene rings is 1. The average molecular weight is 315 g/mol. The molecule has 1 fully saturated rings. The highest BCUT2D eigenvalue weighted by atomic mass is 35.5. The summed E-state index contributed by atoms with van der Waals surface area (Å²) < 4.78 is 0. The molecule has 0 bridgehead atoms. The van der Waals surface area contributed by atoms with Crippen molar-refractivity contribution in [2.45, 2.75) is 24.5 Å². The van der Waals surface area contributed by atoms with Gasteiger partial charge in [0.2, 0.25) is 5.91 Å². The number of rotatable bonds is 3. The zero-order valence-corrected chi connectivity index (χ0v) is 12.7. The molecule has 6 heteroatoms. The van der Waals surface area contributed by atoms with E-state index in [9.17, 15) is 4.79 Å². The molecule has 2 rings (SSSR count). The third-order valence-electron chi connectivity index (χ3n) is 2.98. The van der Waals surface area contributed by atoms with Gasteiger partial charge in [0.1, 0.15) is 4.99 Å². The summed E-state index contributed by atoms with van der Waals surface area (Å²) in [4.78, 5) is 12.4. The zero-order valence-electron chi connectivity index (χ0n) is 10.3. The lowest BCUT2D eigenvalue weighted by molar-refractivity contribution is -0.115. The molecule has 1 aliphatic heterocycles. The number of nitrogens with one attached hydrogen (secondary N) is 1. The van der Waals surface area contributed by atoms with Crippen LogP contribution < -0.4 is 11.1 Å². The van der Waals surface area contributed by atoms with E-state index in [2.05, 4.69) is 5.32 Å². The van der Waals surface area contributed by atoms with Crippen molar-refractivity contribution in [2.24, 2.45) is 5.73 Å². The Bertz CT molecular complexity index is 501. The van der Waals surface area contributed by atoms with Gasteiger partial charge in [-0.2, -0.15) is 0 Å². The Kier molecular flexibility index (Phi) is 5.07. The lowest BCUT2D eigenvalue weighted by Crippen LogP contribution is -2.27. The van der Waals surface area contributed by atoms with Crippen LogP contribution in [0, 0.1) is 0 Å². The topological polar surface area (TPSA) is 55.1 Å². The molecule has 19 heavy (non-hydrogen) atoms. The van der Waals surface area contributed by atoms with Gasteiger partial charge in [-0.05, 0) is 30.7 Å². The van der Waals surface area contributed by atoms with Crippen molar-refractivity contribution < 1.29 is 4.79 Å². The molecular formula is C13H15ClN2OS2. The molecule has 1 unspecified atom stereocenters. The molecule has 0 spiro atoms. The Balaban J connectivity index is 2.11. The van der Waals surface area contributed by atoms with Gasteiger partial charge in [0.05, 0.1) is 16.0 Å². The van der Waals surface area contributed by atoms with E-state index in [0.717, 1.165) is 18.6 Å². The van der Waals surface area contributed by atoms with Crippen molar-refractivity contribution in [1.82, 2.24) is 0 Å². The Morgan fingerprint density at radius 1 is 1.47 bits per heavy atom. The first kappa shape index (κ1) is 14.6. The fourth-order valence-electron chi connectivity index (χ4n) is 1.94. The molecule has 1 aliphatic rings. The van der Waals surface area contributed by atoms with E-state index >= 15 is 0 Å². The van der Waals surface area contributed by atoms with E-state index < -0.39 is 0 Å². The smallest absolute Gasteiger partial charge is 0.237 e. The van der Waals surface area contributed by atoms with Gasteiger partial charge in [-0.3, -0.25) is 4.79 Å². The first-order valence-corrected chi connectivity index (χ1v) is 7.93. The highest BCUT2D eigenvalue weighted by Crippen LogP contribution is 2.28. The molecule has 1 atom stereocenters. The average Bonchev–Trinajstić information content (AvgIpc) is 2.42. The Morgan fingerprint density at radius 3 is 2.89 bits per heavy atom. The van der Waals surface area contributed by atoms with Gasteiger partial charge in [-0.25, -0.2) is 0 Å². The molecule has 0 aromatic heterocycles. The van der Waals surface area contributed by atoms with Crippen LogP contribution in [0.5, 0.6) is 0 Å². The molecule has 0 saturated carbocycles. The molecule has 3 N–H and O–H groups in total. The summed E-state index contributed by atoms with van der Waals surface area (Å²) in [6.45, 7) is 0. The highest BCUT2D eigenvalue weighted by Gasteiger charge is 2.22. The number of amides is 1. The van der Waals surface area contributed by atoms with Crippen molar-refractivity contribution in [3.8, 4) is 0 Å². The number of thiocarbonyl (C=S) groups is 1. The predicted molar refractivity (Wildman–Crippen MR) is 86.1 cm³/mol. The first-order valence-electron chi connectivity index (χ1n) is 6.10. The van der Waals surface area contributed by atoms with Crippen LogP contribution in [0.25, 0.3) is 0 Å². The van der Waals surface area contributed by atoms with E-state index in [1.807, 2.05) is 0 Å². The maximum absolute atomic E-state index is 12.1. The summed E-state index contributed by atoms with van der Waals surface area (Å²) in [5, 5.41) is 3.38. The largest absolute Gasteiger partial charge is 0.389 e. The van der Waals surface area contributed by atoms with Crippen LogP contribution in [0.2, 0.25) is 5.02 Å². The van der Waals surface area contributed by atoms with Crippen LogP contribution in [0.4, 0.5) is 5.69 Å². The van der Waals surface area contributed by atoms with Gasteiger partial charge >= 0.3 is 0 Å². The molecule has 1 aromatic carbocycles. The number of hydrogen-bond acceptors (Lipinski definition) is 3. The van der Waals surface area contributed by atoms with Crippen molar-refractivity contribution in [2.75, 3.05) is 11.1 Å². The van der Waals surface area contributed by atoms with Crippen LogP contribution in [0.1, 0.15) is 24.8 Å². The van der Waals surface area contributed by atoms with Crippen molar-refractivity contribution in [3.63, 3.8) is 0 Å². The molecule has 1 amide bonds. The quantitative estimate of drug-likeness (QED) is 0.841. The van der Waals surface area contributed by atoms with Crippen molar-refractivity contribution >= 4 is 52.2 Å². The molecule has 1 aromatic rings. The van der Waals surface area contributed by atoms with Gasteiger partial charge in [0, 0.05) is 5.56 Å². The lowest BCUT2D eigenvalue weighted by atomic mass is 10.1. The van der Waals surface area contributed by atoms with Gasteiger partial charge in [0.25, 0.3) is 0 Å². The van der Waals surface area contributed by atoms with Crippen molar-refractivity contribution in [3.05, 3.63) is 28.8 Å². The SMILES string of the molecule is NC(=S)c1ccc(Cl)c(NC(=O)C2CCCCS2)c1. The normalized spacial score (nSPS) is 18.9. The number of thioether (sulfide) groups is 1. The molecule has 1 heterocycles. The lowest BCUT2D eigenvalue weighted by Gasteiger charge is -2.20. The van der Waals surface area contributed by atoms with Crippen LogP contribution in [-0.4, -0.2) is 21.9 Å². The summed E-state index contributed by atoms with van der Waals surface area (Å²) in [7, 11) is 0. The maximum Gasteiger partial charge on any atom is 0.237 e. The summed E-state index contributed by atoms with van der Waals surface area (Å²) in [6.07, 6.45) is 3.21. The van der Waals surface area contributed by atoms with E-state index in [-0.39, 0.29) is 11.2 Å². The van der Waals surface area contributed by atoms with Crippen LogP contribution >= 0.6 is 35.6 Å². The maximum atomic E-state index is 12.1. The van der Waals surface area contributed by atoms with E-state index in [4.69, 9.17) is 29.6 Å². The molecule has 1 saturated heterocycles. The Hall–Kier alpha value is -0.780. The van der Waals surface area contributed by atoms with Crippen LogP contribution in [0.3, 0.4) is 0 Å². The number of anilines is 1. The van der Waals surface area contributed by atoms with Gasteiger partial charge in [-0.15, -0.1) is 11.8 Å². The van der Waals surface area contributed by atoms with Crippen LogP contribution in [0.15, 0.2) is 18.2 Å². The highest BCUT2D eigenvalue weighted by molar-refractivity contribution is 8.00. The molecular weight excluding hydrogens is 300 g/mol. The van der Waals surface area contributed by atoms with E-state index in [0.29, 0.717) is 21.3 Å². The third-order valence-corrected chi connectivity index (χ3v) is 4.92. The second kappa shape index (κ2) is 6.59. The minimum absolute atomic E-state index is 0.00619. The second-order valence-corrected chi connectivity index (χ2v) is 6.56. The van der Waals surface area contributed by atoms with E-state index in [1.165, 1.54) is 6.42 Å². The Labute approximate surface area is 127 Å². The predicted octanol–water partition coefficient (Wildman–Crippen LogP) is 3.20. The van der Waals surface area contributed by atoms with Gasteiger partial charge in [-0.1, -0.05) is 36.3 Å². The number of nitrogens with two attached hydrogens (primary N) is 1. The fraction of sp³-hybridized carbons (Fsp3) is 0.385. The number of halogens is 1. The zero-order chi connectivity index (χ0) is 13.8. The number of carbonyl (C=O) groups excluding carboxylic acids is 1. The monoisotopic (exact) mass is 314 g/mol. The number of carbonyl (C=O) groups is 1. The Morgan fingerprint density at radius 2 is 2.26 bits per heavy atom. The molecule has 102 valence electrons. The van der Waals surface area contributed by atoms with Gasteiger partial charge in [0.15, 0.2) is 0 Å². The molecule has 0 radical (unpaired) electrons. The third kappa shape index (κ3) is 3.84. The standard InChI is InChI=1S/C13H15ClN2OS2/c14-9-5-4-8(12(15)18)7-10(9)16-13(17)11-3-1-2-6-19-11/h4-5,7,11H,1-3,6H2,(H2,15,18)(H,16,17). The summed E-state index contributed by atoms with van der Waals surface area (Å²) in [5.74, 6) is 1.05.